The number of carbonyl (C=O) groups is 2. The molecule has 2 amide bonds. The molecule has 130 valence electrons. The standard InChI is InChI=1S/C17H27N3O2.ClH/c1-3-4-11-19-17(22)15-8-6-14(7-9-15)12-20-16(21)10-5-13(2)18;/h6-9,13H,3-5,10-12,18H2,1-2H3,(H,19,22)(H,20,21);1H. The molecule has 0 aromatic heterocycles. The third kappa shape index (κ3) is 9.21. The Labute approximate surface area is 144 Å². The summed E-state index contributed by atoms with van der Waals surface area (Å²) in [6.45, 7) is 5.14. The Morgan fingerprint density at radius 1 is 1.17 bits per heavy atom. The maximum absolute atomic E-state index is 11.9. The minimum absolute atomic E-state index is 0. The number of hydrogen-bond donors (Lipinski definition) is 3. The minimum atomic E-state index is -0.0547. The SMILES string of the molecule is CCCCNC(=O)c1ccc(CNC(=O)CCC(C)N)cc1.Cl. The lowest BCUT2D eigenvalue weighted by molar-refractivity contribution is -0.121. The molecule has 1 unspecified atom stereocenters. The van der Waals surface area contributed by atoms with E-state index in [1.807, 2.05) is 19.1 Å². The van der Waals surface area contributed by atoms with Gasteiger partial charge in [-0.15, -0.1) is 12.4 Å². The number of hydrogen-bond acceptors (Lipinski definition) is 3. The van der Waals surface area contributed by atoms with Gasteiger partial charge in [-0.05, 0) is 37.5 Å². The minimum Gasteiger partial charge on any atom is -0.352 e. The first-order valence-electron chi connectivity index (χ1n) is 7.92. The van der Waals surface area contributed by atoms with Crippen molar-refractivity contribution in [1.29, 1.82) is 0 Å². The van der Waals surface area contributed by atoms with Crippen LogP contribution in [0.3, 0.4) is 0 Å². The van der Waals surface area contributed by atoms with E-state index < -0.39 is 0 Å². The van der Waals surface area contributed by atoms with Crippen molar-refractivity contribution in [2.24, 2.45) is 5.73 Å². The number of rotatable bonds is 9. The van der Waals surface area contributed by atoms with Gasteiger partial charge >= 0.3 is 0 Å². The van der Waals surface area contributed by atoms with Crippen molar-refractivity contribution in [1.82, 2.24) is 10.6 Å². The summed E-state index contributed by atoms with van der Waals surface area (Å²) in [5.41, 5.74) is 7.23. The summed E-state index contributed by atoms with van der Waals surface area (Å²) in [7, 11) is 0. The van der Waals surface area contributed by atoms with Crippen molar-refractivity contribution in [3.05, 3.63) is 35.4 Å². The summed E-state index contributed by atoms with van der Waals surface area (Å²) in [5, 5.41) is 5.73. The summed E-state index contributed by atoms with van der Waals surface area (Å²) < 4.78 is 0. The molecule has 0 aliphatic carbocycles. The Kier molecular flexibility index (Phi) is 11.1. The Bertz CT molecular complexity index is 475. The molecule has 1 aromatic rings. The van der Waals surface area contributed by atoms with Gasteiger partial charge in [-0.25, -0.2) is 0 Å². The van der Waals surface area contributed by atoms with Crippen LogP contribution in [0.4, 0.5) is 0 Å². The quantitative estimate of drug-likeness (QED) is 0.603. The van der Waals surface area contributed by atoms with Gasteiger partial charge in [0.25, 0.3) is 5.91 Å². The van der Waals surface area contributed by atoms with Crippen molar-refractivity contribution in [3.63, 3.8) is 0 Å². The summed E-state index contributed by atoms with van der Waals surface area (Å²) in [6, 6.07) is 7.33. The predicted molar refractivity (Wildman–Crippen MR) is 95.7 cm³/mol. The lowest BCUT2D eigenvalue weighted by Crippen LogP contribution is -2.26. The van der Waals surface area contributed by atoms with Crippen molar-refractivity contribution in [3.8, 4) is 0 Å². The van der Waals surface area contributed by atoms with E-state index >= 15 is 0 Å². The molecule has 0 aliphatic rings. The predicted octanol–water partition coefficient (Wildman–Crippen LogP) is 2.38. The van der Waals surface area contributed by atoms with Crippen molar-refractivity contribution in [2.75, 3.05) is 6.54 Å². The highest BCUT2D eigenvalue weighted by Gasteiger charge is 2.06. The van der Waals surface area contributed by atoms with Crippen LogP contribution in [0.25, 0.3) is 0 Å². The number of nitrogens with one attached hydrogen (secondary N) is 2. The van der Waals surface area contributed by atoms with Crippen LogP contribution in [0.1, 0.15) is 55.5 Å². The molecule has 6 heteroatoms. The van der Waals surface area contributed by atoms with Crippen LogP contribution in [0, 0.1) is 0 Å². The van der Waals surface area contributed by atoms with Crippen LogP contribution in [0.15, 0.2) is 24.3 Å². The molecular weight excluding hydrogens is 314 g/mol. The average molecular weight is 342 g/mol. The number of amides is 2. The molecule has 0 saturated heterocycles. The van der Waals surface area contributed by atoms with Crippen LogP contribution in [-0.2, 0) is 11.3 Å². The second-order valence-electron chi connectivity index (χ2n) is 5.60. The third-order valence-corrected chi connectivity index (χ3v) is 3.35. The van der Waals surface area contributed by atoms with Gasteiger partial charge in [0.05, 0.1) is 0 Å². The average Bonchev–Trinajstić information content (AvgIpc) is 2.51. The second-order valence-corrected chi connectivity index (χ2v) is 5.60. The van der Waals surface area contributed by atoms with Crippen molar-refractivity contribution >= 4 is 24.2 Å². The highest BCUT2D eigenvalue weighted by atomic mass is 35.5. The maximum atomic E-state index is 11.9. The fraction of sp³-hybridized carbons (Fsp3) is 0.529. The van der Waals surface area contributed by atoms with E-state index in [4.69, 9.17) is 5.73 Å². The van der Waals surface area contributed by atoms with Crippen LogP contribution in [0.5, 0.6) is 0 Å². The number of benzene rings is 1. The number of unbranched alkanes of at least 4 members (excludes halogenated alkanes) is 1. The van der Waals surface area contributed by atoms with E-state index in [1.54, 1.807) is 12.1 Å². The number of halogens is 1. The van der Waals surface area contributed by atoms with Crippen LogP contribution >= 0.6 is 12.4 Å². The van der Waals surface area contributed by atoms with E-state index in [2.05, 4.69) is 17.6 Å². The molecule has 0 saturated carbocycles. The smallest absolute Gasteiger partial charge is 0.251 e. The van der Waals surface area contributed by atoms with Gasteiger partial charge in [0, 0.05) is 31.1 Å². The fourth-order valence-electron chi connectivity index (χ4n) is 1.90. The summed E-state index contributed by atoms with van der Waals surface area (Å²) in [5.74, 6) is -0.0559. The Morgan fingerprint density at radius 2 is 1.83 bits per heavy atom. The second kappa shape index (κ2) is 11.9. The van der Waals surface area contributed by atoms with E-state index in [1.165, 1.54) is 0 Å². The van der Waals surface area contributed by atoms with Gasteiger partial charge in [-0.1, -0.05) is 25.5 Å². The molecule has 1 aromatic carbocycles. The van der Waals surface area contributed by atoms with Crippen molar-refractivity contribution in [2.45, 2.75) is 52.1 Å². The van der Waals surface area contributed by atoms with E-state index in [0.29, 0.717) is 31.5 Å². The Morgan fingerprint density at radius 3 is 2.39 bits per heavy atom. The maximum Gasteiger partial charge on any atom is 0.251 e. The van der Waals surface area contributed by atoms with E-state index in [9.17, 15) is 9.59 Å². The highest BCUT2D eigenvalue weighted by Crippen LogP contribution is 2.05. The first-order chi connectivity index (χ1) is 10.5. The van der Waals surface area contributed by atoms with Crippen LogP contribution < -0.4 is 16.4 Å². The highest BCUT2D eigenvalue weighted by molar-refractivity contribution is 5.94. The lowest BCUT2D eigenvalue weighted by Gasteiger charge is -2.08. The molecular formula is C17H28ClN3O2. The molecule has 0 spiro atoms. The molecule has 1 atom stereocenters. The molecule has 0 heterocycles. The molecule has 0 aliphatic heterocycles. The normalized spacial score (nSPS) is 11.3. The van der Waals surface area contributed by atoms with Crippen LogP contribution in [0.2, 0.25) is 0 Å². The number of carbonyl (C=O) groups excluding carboxylic acids is 2. The van der Waals surface area contributed by atoms with Gasteiger partial charge in [0.2, 0.25) is 5.91 Å². The molecule has 1 rings (SSSR count). The van der Waals surface area contributed by atoms with Gasteiger partial charge < -0.3 is 16.4 Å². The molecule has 0 bridgehead atoms. The zero-order valence-electron chi connectivity index (χ0n) is 13.9. The van der Waals surface area contributed by atoms with Crippen LogP contribution in [-0.4, -0.2) is 24.4 Å². The zero-order valence-corrected chi connectivity index (χ0v) is 14.7. The topological polar surface area (TPSA) is 84.2 Å². The Hall–Kier alpha value is -1.59. The summed E-state index contributed by atoms with van der Waals surface area (Å²) in [6.07, 6.45) is 3.16. The summed E-state index contributed by atoms with van der Waals surface area (Å²) in [4.78, 5) is 23.5. The first kappa shape index (κ1) is 21.4. The molecule has 23 heavy (non-hydrogen) atoms. The van der Waals surface area contributed by atoms with Gasteiger partial charge in [-0.3, -0.25) is 9.59 Å². The van der Waals surface area contributed by atoms with Gasteiger partial charge in [0.1, 0.15) is 0 Å². The monoisotopic (exact) mass is 341 g/mol. The zero-order chi connectivity index (χ0) is 16.4. The Balaban J connectivity index is 0.00000484. The lowest BCUT2D eigenvalue weighted by atomic mass is 10.1. The molecule has 0 radical (unpaired) electrons. The molecule has 4 N–H and O–H groups in total. The van der Waals surface area contributed by atoms with Crippen molar-refractivity contribution < 1.29 is 9.59 Å². The first-order valence-corrected chi connectivity index (χ1v) is 7.92. The van der Waals surface area contributed by atoms with Gasteiger partial charge in [-0.2, -0.15) is 0 Å². The molecule has 0 fully saturated rings. The van der Waals surface area contributed by atoms with E-state index in [-0.39, 0.29) is 30.3 Å². The summed E-state index contributed by atoms with van der Waals surface area (Å²) >= 11 is 0. The largest absolute Gasteiger partial charge is 0.352 e. The molecule has 5 nitrogen and oxygen atoms in total. The third-order valence-electron chi connectivity index (χ3n) is 3.35. The van der Waals surface area contributed by atoms with E-state index in [0.717, 1.165) is 18.4 Å². The number of nitrogens with two attached hydrogens (primary N) is 1. The van der Waals surface area contributed by atoms with Gasteiger partial charge in [0.15, 0.2) is 0 Å². The fourth-order valence-corrected chi connectivity index (χ4v) is 1.90.